The average molecular weight is 539 g/mol. The van der Waals surface area contributed by atoms with Crippen LogP contribution in [0, 0.1) is 17.1 Å². The highest BCUT2D eigenvalue weighted by Gasteiger charge is 2.31. The summed E-state index contributed by atoms with van der Waals surface area (Å²) in [4.78, 5) is 14.0. The van der Waals surface area contributed by atoms with Crippen LogP contribution < -0.4 is 10.6 Å². The molecule has 0 radical (unpaired) electrons. The van der Waals surface area contributed by atoms with E-state index in [2.05, 4.69) is 21.8 Å². The van der Waals surface area contributed by atoms with Crippen molar-refractivity contribution in [2.75, 3.05) is 32.1 Å². The van der Waals surface area contributed by atoms with Crippen molar-refractivity contribution in [3.8, 4) is 17.2 Å². The molecule has 1 fully saturated rings. The molecule has 11 heteroatoms. The lowest BCUT2D eigenvalue weighted by molar-refractivity contribution is 0.0652. The molecule has 2 N–H and O–H groups in total. The number of urea groups is 1. The molecule has 2 aliphatic rings. The van der Waals surface area contributed by atoms with E-state index in [-0.39, 0.29) is 17.8 Å². The molecule has 39 heavy (non-hydrogen) atoms. The van der Waals surface area contributed by atoms with Crippen molar-refractivity contribution in [2.24, 2.45) is 7.05 Å². The van der Waals surface area contributed by atoms with Crippen molar-refractivity contribution in [1.29, 1.82) is 5.26 Å². The number of nitriles is 1. The van der Waals surface area contributed by atoms with E-state index < -0.39 is 5.82 Å². The van der Waals surface area contributed by atoms with Crippen LogP contribution >= 0.6 is 0 Å². The van der Waals surface area contributed by atoms with Crippen molar-refractivity contribution in [3.63, 3.8) is 0 Å². The van der Waals surface area contributed by atoms with E-state index >= 15 is 4.39 Å². The summed E-state index contributed by atoms with van der Waals surface area (Å²) in [6.07, 6.45) is 5.68. The van der Waals surface area contributed by atoms with Gasteiger partial charge < -0.3 is 20.3 Å². The molecule has 210 valence electrons. The minimum atomic E-state index is -0.504. The smallest absolute Gasteiger partial charge is 0.317 e. The Morgan fingerprint density at radius 1 is 1.21 bits per heavy atom. The van der Waals surface area contributed by atoms with Crippen LogP contribution in [-0.4, -0.2) is 57.3 Å². The summed E-state index contributed by atoms with van der Waals surface area (Å²) in [6.45, 7) is 10.3. The van der Waals surface area contributed by atoms with Gasteiger partial charge in [-0.2, -0.15) is 15.5 Å². The van der Waals surface area contributed by atoms with Crippen LogP contribution in [0.4, 0.5) is 20.7 Å². The number of carbonyl (C=O) groups is 1. The largest absolute Gasteiger partial charge is 0.381 e. The second-order valence-electron chi connectivity index (χ2n) is 8.81. The summed E-state index contributed by atoms with van der Waals surface area (Å²) in [7, 11) is 3.37. The van der Waals surface area contributed by atoms with Gasteiger partial charge in [-0.15, -0.1) is 0 Å². The zero-order chi connectivity index (χ0) is 28.5. The zero-order valence-corrected chi connectivity index (χ0v) is 23.7. The minimum Gasteiger partial charge on any atom is -0.381 e. The van der Waals surface area contributed by atoms with Crippen molar-refractivity contribution < 1.29 is 13.9 Å². The highest BCUT2D eigenvalue weighted by Crippen LogP contribution is 2.35. The van der Waals surface area contributed by atoms with Crippen molar-refractivity contribution in [3.05, 3.63) is 47.2 Å². The normalized spacial score (nSPS) is 14.7. The first-order valence-electron chi connectivity index (χ1n) is 13.6. The number of benzene rings is 1. The lowest BCUT2D eigenvalue weighted by atomic mass is 10.0. The van der Waals surface area contributed by atoms with E-state index in [1.54, 1.807) is 36.1 Å². The van der Waals surface area contributed by atoms with Gasteiger partial charge in [-0.1, -0.05) is 27.7 Å². The molecule has 0 saturated carbocycles. The Bertz CT molecular complexity index is 1300. The number of aryl methyl sites for hydroxylation is 1. The molecule has 0 atom stereocenters. The zero-order valence-electron chi connectivity index (χ0n) is 23.7. The SMILES string of the molecule is CC.CC.CNC(=O)N1CCc2c(c(Nc3cc(C#N)c(-c4cnn(C)c4)cc3F)nn2C2CCOCC2)C1. The second-order valence-corrected chi connectivity index (χ2v) is 8.81. The third kappa shape index (κ3) is 6.40. The Labute approximate surface area is 229 Å². The number of fused-ring (bicyclic) bond motifs is 1. The minimum absolute atomic E-state index is 0.158. The summed E-state index contributed by atoms with van der Waals surface area (Å²) < 4.78 is 24.4. The Morgan fingerprint density at radius 3 is 2.54 bits per heavy atom. The number of aromatic nitrogens is 4. The molecule has 3 aromatic rings. The molecule has 0 bridgehead atoms. The summed E-state index contributed by atoms with van der Waals surface area (Å²) in [5.41, 5.74) is 3.53. The Balaban J connectivity index is 0.00000100. The Kier molecular flexibility index (Phi) is 10.5. The standard InChI is InChI=1S/C24H27FN8O2.2C2H6/c1-27-24(34)32-6-3-22-19(14-32)23(30-33(22)17-4-7-35-8-5-17)29-21-9-15(11-26)18(10-20(21)25)16-12-28-31(2)13-16;2*1-2/h9-10,12-13,17H,3-8,14H2,1-2H3,(H,27,34)(H,29,30);2*1-2H3. The van der Waals surface area contributed by atoms with Gasteiger partial charge in [-0.3, -0.25) is 9.36 Å². The summed E-state index contributed by atoms with van der Waals surface area (Å²) in [6, 6.07) is 5.02. The number of nitrogens with zero attached hydrogens (tertiary/aromatic N) is 6. The van der Waals surface area contributed by atoms with Crippen molar-refractivity contribution in [2.45, 2.75) is 59.5 Å². The van der Waals surface area contributed by atoms with Gasteiger partial charge in [0.15, 0.2) is 5.82 Å². The molecular formula is C28H39FN8O2. The Morgan fingerprint density at radius 2 is 1.92 bits per heavy atom. The van der Waals surface area contributed by atoms with Crippen LogP contribution in [0.3, 0.4) is 0 Å². The van der Waals surface area contributed by atoms with Gasteiger partial charge in [0.25, 0.3) is 0 Å². The lowest BCUT2D eigenvalue weighted by Gasteiger charge is -2.29. The monoisotopic (exact) mass is 538 g/mol. The van der Waals surface area contributed by atoms with Gasteiger partial charge >= 0.3 is 6.03 Å². The molecule has 2 aliphatic heterocycles. The molecule has 0 aliphatic carbocycles. The summed E-state index contributed by atoms with van der Waals surface area (Å²) >= 11 is 0. The average Bonchev–Trinajstić information content (AvgIpc) is 3.59. The molecule has 0 unspecified atom stereocenters. The maximum Gasteiger partial charge on any atom is 0.317 e. The van der Waals surface area contributed by atoms with Gasteiger partial charge in [0.2, 0.25) is 0 Å². The fourth-order valence-electron chi connectivity index (χ4n) is 4.80. The Hall–Kier alpha value is -3.91. The fourth-order valence-corrected chi connectivity index (χ4v) is 4.80. The van der Waals surface area contributed by atoms with Crippen molar-refractivity contribution >= 4 is 17.5 Å². The number of ether oxygens (including phenoxy) is 1. The van der Waals surface area contributed by atoms with E-state index in [1.807, 2.05) is 32.4 Å². The van der Waals surface area contributed by atoms with Crippen LogP contribution in [0.25, 0.3) is 11.1 Å². The first-order valence-corrected chi connectivity index (χ1v) is 13.6. The second kappa shape index (κ2) is 13.8. The number of anilines is 2. The molecule has 0 spiro atoms. The van der Waals surface area contributed by atoms with Crippen LogP contribution in [0.5, 0.6) is 0 Å². The number of amides is 2. The van der Waals surface area contributed by atoms with Gasteiger partial charge in [0, 0.05) is 68.9 Å². The number of hydrogen-bond acceptors (Lipinski definition) is 6. The van der Waals surface area contributed by atoms with Gasteiger partial charge in [-0.05, 0) is 25.0 Å². The molecular weight excluding hydrogens is 499 g/mol. The van der Waals surface area contributed by atoms with E-state index in [9.17, 15) is 10.1 Å². The van der Waals surface area contributed by atoms with Crippen molar-refractivity contribution in [1.82, 2.24) is 29.8 Å². The maximum atomic E-state index is 15.3. The maximum absolute atomic E-state index is 15.3. The van der Waals surface area contributed by atoms with Gasteiger partial charge in [0.05, 0.1) is 36.1 Å². The molecule has 2 amide bonds. The van der Waals surface area contributed by atoms with E-state index in [1.165, 1.54) is 12.1 Å². The predicted molar refractivity (Wildman–Crippen MR) is 149 cm³/mol. The molecule has 4 heterocycles. The summed E-state index contributed by atoms with van der Waals surface area (Å²) in [5, 5.41) is 24.5. The third-order valence-electron chi connectivity index (χ3n) is 6.62. The topological polar surface area (TPSA) is 113 Å². The molecule has 10 nitrogen and oxygen atoms in total. The van der Waals surface area contributed by atoms with Crippen LogP contribution in [0.2, 0.25) is 0 Å². The predicted octanol–water partition coefficient (Wildman–Crippen LogP) is 5.14. The molecule has 1 aromatic carbocycles. The first kappa shape index (κ1) is 29.6. The summed E-state index contributed by atoms with van der Waals surface area (Å²) in [5.74, 6) is -0.00630. The van der Waals surface area contributed by atoms with E-state index in [0.29, 0.717) is 55.2 Å². The fraction of sp³-hybridized carbons (Fsp3) is 0.500. The van der Waals surface area contributed by atoms with Gasteiger partial charge in [-0.25, -0.2) is 9.18 Å². The molecule has 2 aromatic heterocycles. The number of carbonyl (C=O) groups excluding carboxylic acids is 1. The van der Waals surface area contributed by atoms with E-state index in [4.69, 9.17) is 9.84 Å². The number of rotatable bonds is 4. The quantitative estimate of drug-likeness (QED) is 0.476. The number of hydrogen-bond donors (Lipinski definition) is 2. The van der Waals surface area contributed by atoms with Crippen LogP contribution in [0.1, 0.15) is 63.4 Å². The molecule has 5 rings (SSSR count). The lowest BCUT2D eigenvalue weighted by Crippen LogP contribution is -2.41. The van der Waals surface area contributed by atoms with Crippen LogP contribution in [0.15, 0.2) is 24.5 Å². The van der Waals surface area contributed by atoms with Gasteiger partial charge in [0.1, 0.15) is 5.82 Å². The highest BCUT2D eigenvalue weighted by molar-refractivity contribution is 5.76. The third-order valence-corrected chi connectivity index (χ3v) is 6.62. The van der Waals surface area contributed by atoms with Crippen LogP contribution in [-0.2, 0) is 24.8 Å². The number of halogens is 1. The number of nitrogens with one attached hydrogen (secondary N) is 2. The molecule has 1 saturated heterocycles. The first-order chi connectivity index (χ1) is 19.0. The highest BCUT2D eigenvalue weighted by atomic mass is 19.1. The van der Waals surface area contributed by atoms with E-state index in [0.717, 1.165) is 24.1 Å².